The van der Waals surface area contributed by atoms with Crippen molar-refractivity contribution in [3.05, 3.63) is 57.6 Å². The average molecular weight is 350 g/mol. The molecule has 0 heterocycles. The van der Waals surface area contributed by atoms with Crippen LogP contribution in [0.1, 0.15) is 26.3 Å². The summed E-state index contributed by atoms with van der Waals surface area (Å²) in [5.74, 6) is -1.75. The molecule has 0 aliphatic heterocycles. The molecule has 5 nitrogen and oxygen atoms in total. The van der Waals surface area contributed by atoms with Crippen molar-refractivity contribution in [1.29, 1.82) is 0 Å². The Morgan fingerprint density at radius 2 is 1.76 bits per heavy atom. The molecule has 108 valence electrons. The third-order valence-electron chi connectivity index (χ3n) is 2.91. The lowest BCUT2D eigenvalue weighted by Gasteiger charge is -2.09. The van der Waals surface area contributed by atoms with Crippen LogP contribution in [0.15, 0.2) is 40.9 Å². The van der Waals surface area contributed by atoms with Gasteiger partial charge in [-0.2, -0.15) is 0 Å². The fourth-order valence-electron chi connectivity index (χ4n) is 1.75. The first-order valence-electron chi connectivity index (χ1n) is 6.02. The molecule has 0 aliphatic carbocycles. The molecule has 0 atom stereocenters. The van der Waals surface area contributed by atoms with Crippen molar-refractivity contribution in [2.75, 3.05) is 5.32 Å². The van der Waals surface area contributed by atoms with E-state index in [1.807, 2.05) is 6.92 Å². The lowest BCUT2D eigenvalue weighted by atomic mass is 10.1. The quantitative estimate of drug-likeness (QED) is 0.741. The third kappa shape index (κ3) is 3.41. The topological polar surface area (TPSA) is 86.6 Å². The normalized spacial score (nSPS) is 10.2. The van der Waals surface area contributed by atoms with E-state index in [2.05, 4.69) is 21.2 Å². The highest BCUT2D eigenvalue weighted by molar-refractivity contribution is 9.10. The van der Waals surface area contributed by atoms with Gasteiger partial charge in [0.15, 0.2) is 0 Å². The maximum Gasteiger partial charge on any atom is 0.335 e. The summed E-state index contributed by atoms with van der Waals surface area (Å²) < 4.78 is 0.884. The van der Waals surface area contributed by atoms with Crippen LogP contribution in [-0.4, -0.2) is 22.1 Å². The zero-order chi connectivity index (χ0) is 15.6. The molecule has 2 aromatic rings. The molecule has 0 saturated heterocycles. The molecule has 6 heteroatoms. The predicted molar refractivity (Wildman–Crippen MR) is 81.9 cm³/mol. The highest BCUT2D eigenvalue weighted by Crippen LogP contribution is 2.25. The number of hydrogen-bond acceptors (Lipinski definition) is 3. The molecule has 0 bridgehead atoms. The van der Waals surface area contributed by atoms with Crippen LogP contribution in [0.2, 0.25) is 0 Å². The van der Waals surface area contributed by atoms with Gasteiger partial charge in [-0.05, 0) is 48.9 Å². The number of carbonyl (C=O) groups is 2. The molecule has 0 unspecified atom stereocenters. The van der Waals surface area contributed by atoms with Crippen molar-refractivity contribution in [3.8, 4) is 5.75 Å². The second kappa shape index (κ2) is 5.97. The molecular formula is C15H12BrNO4. The van der Waals surface area contributed by atoms with Crippen LogP contribution in [0.4, 0.5) is 5.69 Å². The summed E-state index contributed by atoms with van der Waals surface area (Å²) in [5, 5.41) is 21.1. The van der Waals surface area contributed by atoms with Gasteiger partial charge in [0.25, 0.3) is 5.91 Å². The number of aromatic carboxylic acids is 1. The van der Waals surface area contributed by atoms with E-state index in [0.29, 0.717) is 5.56 Å². The predicted octanol–water partition coefficient (Wildman–Crippen LogP) is 3.41. The van der Waals surface area contributed by atoms with Crippen molar-refractivity contribution < 1.29 is 19.8 Å². The van der Waals surface area contributed by atoms with Gasteiger partial charge in [0.1, 0.15) is 5.75 Å². The van der Waals surface area contributed by atoms with Gasteiger partial charge in [0, 0.05) is 10.0 Å². The highest BCUT2D eigenvalue weighted by atomic mass is 79.9. The first-order chi connectivity index (χ1) is 9.88. The Morgan fingerprint density at radius 3 is 2.38 bits per heavy atom. The van der Waals surface area contributed by atoms with Crippen molar-refractivity contribution in [3.63, 3.8) is 0 Å². The molecule has 1 amide bonds. The van der Waals surface area contributed by atoms with E-state index < -0.39 is 11.9 Å². The number of aromatic hydroxyl groups is 1. The summed E-state index contributed by atoms with van der Waals surface area (Å²) in [7, 11) is 0. The number of anilines is 1. The van der Waals surface area contributed by atoms with Crippen LogP contribution in [0.3, 0.4) is 0 Å². The maximum absolute atomic E-state index is 12.1. The van der Waals surface area contributed by atoms with Crippen LogP contribution >= 0.6 is 15.9 Å². The largest absolute Gasteiger partial charge is 0.506 e. The second-order valence-electron chi connectivity index (χ2n) is 4.46. The molecule has 21 heavy (non-hydrogen) atoms. The minimum absolute atomic E-state index is 0.0184. The molecule has 2 rings (SSSR count). The number of benzene rings is 2. The number of hydrogen-bond donors (Lipinski definition) is 3. The molecule has 0 aromatic heterocycles. The van der Waals surface area contributed by atoms with Gasteiger partial charge < -0.3 is 15.5 Å². The van der Waals surface area contributed by atoms with Gasteiger partial charge in [0.05, 0.1) is 11.3 Å². The maximum atomic E-state index is 12.1. The Bertz CT molecular complexity index is 728. The van der Waals surface area contributed by atoms with E-state index in [4.69, 9.17) is 5.11 Å². The van der Waals surface area contributed by atoms with Gasteiger partial charge >= 0.3 is 5.97 Å². The fourth-order valence-corrected chi connectivity index (χ4v) is 2.00. The first-order valence-corrected chi connectivity index (χ1v) is 6.81. The van der Waals surface area contributed by atoms with E-state index in [1.54, 1.807) is 18.2 Å². The van der Waals surface area contributed by atoms with Gasteiger partial charge in [0.2, 0.25) is 0 Å². The van der Waals surface area contributed by atoms with Gasteiger partial charge in [-0.15, -0.1) is 0 Å². The van der Waals surface area contributed by atoms with Crippen LogP contribution in [0.25, 0.3) is 0 Å². The summed E-state index contributed by atoms with van der Waals surface area (Å²) in [6, 6.07) is 8.77. The van der Waals surface area contributed by atoms with Crippen molar-refractivity contribution in [1.82, 2.24) is 0 Å². The van der Waals surface area contributed by atoms with Gasteiger partial charge in [-0.1, -0.05) is 15.9 Å². The minimum atomic E-state index is -1.13. The lowest BCUT2D eigenvalue weighted by Crippen LogP contribution is -2.12. The number of carboxylic acid groups (broad SMARTS) is 1. The Kier molecular flexibility index (Phi) is 4.28. The number of carbonyl (C=O) groups excluding carboxylic acids is 1. The molecule has 0 saturated carbocycles. The molecule has 0 spiro atoms. The van der Waals surface area contributed by atoms with Gasteiger partial charge in [-0.3, -0.25) is 4.79 Å². The first kappa shape index (κ1) is 15.1. The van der Waals surface area contributed by atoms with E-state index in [0.717, 1.165) is 10.0 Å². The highest BCUT2D eigenvalue weighted by Gasteiger charge is 2.12. The van der Waals surface area contributed by atoms with E-state index in [1.165, 1.54) is 18.2 Å². The number of aryl methyl sites for hydroxylation is 1. The summed E-state index contributed by atoms with van der Waals surface area (Å²) in [4.78, 5) is 23.0. The molecule has 0 radical (unpaired) electrons. The molecule has 2 aromatic carbocycles. The molecule has 0 aliphatic rings. The van der Waals surface area contributed by atoms with E-state index >= 15 is 0 Å². The van der Waals surface area contributed by atoms with Crippen LogP contribution < -0.4 is 5.32 Å². The zero-order valence-electron chi connectivity index (χ0n) is 11.1. The number of halogens is 1. The monoisotopic (exact) mass is 349 g/mol. The Balaban J connectivity index is 2.28. The number of carboxylic acids is 1. The number of phenolic OH excluding ortho intramolecular Hbond substituents is 1. The summed E-state index contributed by atoms with van der Waals surface area (Å²) in [6.45, 7) is 1.85. The second-order valence-corrected chi connectivity index (χ2v) is 5.31. The van der Waals surface area contributed by atoms with Crippen LogP contribution in [0.5, 0.6) is 5.75 Å². The molecule has 3 N–H and O–H groups in total. The summed E-state index contributed by atoms with van der Waals surface area (Å²) >= 11 is 3.35. The van der Waals surface area contributed by atoms with Gasteiger partial charge in [-0.25, -0.2) is 4.79 Å². The Morgan fingerprint density at radius 1 is 1.10 bits per heavy atom. The van der Waals surface area contributed by atoms with Crippen molar-refractivity contribution in [2.24, 2.45) is 0 Å². The smallest absolute Gasteiger partial charge is 0.335 e. The number of nitrogens with one attached hydrogen (secondary N) is 1. The Hall–Kier alpha value is -2.34. The minimum Gasteiger partial charge on any atom is -0.506 e. The SMILES string of the molecule is Cc1cc(C(=O)Nc2cc(C(=O)O)ccc2O)ccc1Br. The van der Waals surface area contributed by atoms with Crippen molar-refractivity contribution in [2.45, 2.75) is 6.92 Å². The molecule has 0 fully saturated rings. The number of rotatable bonds is 3. The Labute approximate surface area is 129 Å². The summed E-state index contributed by atoms with van der Waals surface area (Å²) in [6.07, 6.45) is 0. The van der Waals surface area contributed by atoms with Crippen LogP contribution in [-0.2, 0) is 0 Å². The lowest BCUT2D eigenvalue weighted by molar-refractivity contribution is 0.0696. The standard InChI is InChI=1S/C15H12BrNO4/c1-8-6-9(2-4-11(8)16)14(19)17-12-7-10(15(20)21)3-5-13(12)18/h2-7,18H,1H3,(H,17,19)(H,20,21). The van der Waals surface area contributed by atoms with E-state index in [9.17, 15) is 14.7 Å². The average Bonchev–Trinajstić information content (AvgIpc) is 2.43. The van der Waals surface area contributed by atoms with E-state index in [-0.39, 0.29) is 17.0 Å². The number of amides is 1. The van der Waals surface area contributed by atoms with Crippen molar-refractivity contribution >= 4 is 33.5 Å². The zero-order valence-corrected chi connectivity index (χ0v) is 12.6. The number of phenols is 1. The van der Waals surface area contributed by atoms with Crippen LogP contribution in [0, 0.1) is 6.92 Å². The fraction of sp³-hybridized carbons (Fsp3) is 0.0667. The molecular weight excluding hydrogens is 338 g/mol. The third-order valence-corrected chi connectivity index (χ3v) is 3.80. The summed E-state index contributed by atoms with van der Waals surface area (Å²) in [5.41, 5.74) is 1.34.